The number of fused-ring (bicyclic) bond motifs is 1. The Morgan fingerprint density at radius 2 is 1.72 bits per heavy atom. The lowest BCUT2D eigenvalue weighted by Crippen LogP contribution is -2.23. The van der Waals surface area contributed by atoms with Crippen LogP contribution in [0.15, 0.2) is 93.6 Å². The molecular formula is C24H19FN2O4S. The zero-order chi connectivity index (χ0) is 22.9. The second kappa shape index (κ2) is 8.39. The maximum atomic E-state index is 13.3. The molecule has 1 heterocycles. The molecule has 3 aromatic carbocycles. The van der Waals surface area contributed by atoms with Crippen molar-refractivity contribution in [3.63, 3.8) is 0 Å². The van der Waals surface area contributed by atoms with Crippen molar-refractivity contribution in [3.05, 3.63) is 101 Å². The molecule has 162 valence electrons. The van der Waals surface area contributed by atoms with Gasteiger partial charge < -0.3 is 9.88 Å². The minimum absolute atomic E-state index is 0.166. The number of hydrogen-bond donors (Lipinski definition) is 1. The van der Waals surface area contributed by atoms with Crippen LogP contribution in [0.1, 0.15) is 5.56 Å². The molecule has 4 rings (SSSR count). The van der Waals surface area contributed by atoms with E-state index in [2.05, 4.69) is 5.32 Å². The first kappa shape index (κ1) is 21.5. The van der Waals surface area contributed by atoms with E-state index in [-0.39, 0.29) is 22.7 Å². The highest BCUT2D eigenvalue weighted by atomic mass is 32.2. The average Bonchev–Trinajstić information content (AvgIpc) is 2.76. The lowest BCUT2D eigenvalue weighted by atomic mass is 10.2. The van der Waals surface area contributed by atoms with Crippen LogP contribution in [0.3, 0.4) is 0 Å². The Bertz CT molecular complexity index is 1490. The first-order valence-electron chi connectivity index (χ1n) is 9.75. The fourth-order valence-electron chi connectivity index (χ4n) is 3.46. The number of carbonyl (C=O) groups is 1. The molecule has 0 aliphatic rings. The van der Waals surface area contributed by atoms with Gasteiger partial charge in [0.25, 0.3) is 0 Å². The van der Waals surface area contributed by atoms with E-state index >= 15 is 0 Å². The van der Waals surface area contributed by atoms with Crippen LogP contribution in [0, 0.1) is 12.7 Å². The smallest absolute Gasteiger partial charge is 0.244 e. The first-order valence-corrected chi connectivity index (χ1v) is 11.2. The van der Waals surface area contributed by atoms with Crippen molar-refractivity contribution in [1.82, 2.24) is 4.57 Å². The Labute approximate surface area is 183 Å². The van der Waals surface area contributed by atoms with Gasteiger partial charge in [-0.2, -0.15) is 0 Å². The van der Waals surface area contributed by atoms with E-state index in [9.17, 15) is 22.4 Å². The molecular weight excluding hydrogens is 431 g/mol. The molecule has 0 radical (unpaired) electrons. The first-order chi connectivity index (χ1) is 15.3. The molecule has 0 spiro atoms. The van der Waals surface area contributed by atoms with Gasteiger partial charge in [-0.1, -0.05) is 24.3 Å². The number of amides is 1. The largest absolute Gasteiger partial charge is 0.336 e. The molecule has 4 aromatic rings. The van der Waals surface area contributed by atoms with Gasteiger partial charge in [0.1, 0.15) is 17.3 Å². The van der Waals surface area contributed by atoms with Gasteiger partial charge in [-0.15, -0.1) is 0 Å². The highest BCUT2D eigenvalue weighted by Crippen LogP contribution is 2.22. The fourth-order valence-corrected chi connectivity index (χ4v) is 4.83. The molecule has 1 N–H and O–H groups in total. The van der Waals surface area contributed by atoms with Gasteiger partial charge in [0, 0.05) is 17.3 Å². The zero-order valence-corrected chi connectivity index (χ0v) is 17.9. The van der Waals surface area contributed by atoms with E-state index in [1.165, 1.54) is 16.8 Å². The van der Waals surface area contributed by atoms with Crippen molar-refractivity contribution < 1.29 is 17.6 Å². The number of sulfone groups is 1. The summed E-state index contributed by atoms with van der Waals surface area (Å²) in [5.74, 6) is -0.970. The standard InChI is InChI=1S/C24H19FN2O4S/c1-16-5-4-6-18(13-16)26-23(28)15-27-14-22(24(29)20-7-2-3-8-21(20)27)32(30,31)19-11-9-17(25)10-12-19/h2-14H,15H2,1H3,(H,26,28). The Hall–Kier alpha value is -3.78. The minimum Gasteiger partial charge on any atom is -0.336 e. The summed E-state index contributed by atoms with van der Waals surface area (Å²) in [4.78, 5) is 25.0. The normalized spacial score (nSPS) is 11.4. The molecule has 0 saturated heterocycles. The number of hydrogen-bond acceptors (Lipinski definition) is 4. The van der Waals surface area contributed by atoms with Crippen molar-refractivity contribution in [2.24, 2.45) is 0 Å². The van der Waals surface area contributed by atoms with E-state index in [1.54, 1.807) is 24.3 Å². The number of aryl methyl sites for hydroxylation is 1. The summed E-state index contributed by atoms with van der Waals surface area (Å²) < 4.78 is 41.0. The second-order valence-corrected chi connectivity index (χ2v) is 9.26. The molecule has 0 bridgehead atoms. The summed E-state index contributed by atoms with van der Waals surface area (Å²) in [6, 6.07) is 18.0. The molecule has 0 saturated carbocycles. The molecule has 32 heavy (non-hydrogen) atoms. The fraction of sp³-hybridized carbons (Fsp3) is 0.0833. The second-order valence-electron chi connectivity index (χ2n) is 7.34. The average molecular weight is 450 g/mol. The summed E-state index contributed by atoms with van der Waals surface area (Å²) in [5, 5.41) is 2.94. The van der Waals surface area contributed by atoms with Crippen LogP contribution < -0.4 is 10.7 Å². The summed E-state index contributed by atoms with van der Waals surface area (Å²) in [7, 11) is -4.23. The van der Waals surface area contributed by atoms with Gasteiger partial charge >= 0.3 is 0 Å². The number of benzene rings is 3. The van der Waals surface area contributed by atoms with Gasteiger partial charge in [-0.25, -0.2) is 12.8 Å². The number of carbonyl (C=O) groups excluding carboxylic acids is 1. The summed E-state index contributed by atoms with van der Waals surface area (Å²) in [6.07, 6.45) is 1.17. The SMILES string of the molecule is Cc1cccc(NC(=O)Cn2cc(S(=O)(=O)c3ccc(F)cc3)c(=O)c3ccccc32)c1. The number of nitrogens with one attached hydrogen (secondary N) is 1. The molecule has 0 aliphatic heterocycles. The maximum Gasteiger partial charge on any atom is 0.244 e. The summed E-state index contributed by atoms with van der Waals surface area (Å²) in [5.41, 5.74) is 1.33. The summed E-state index contributed by atoms with van der Waals surface area (Å²) >= 11 is 0. The Morgan fingerprint density at radius 3 is 2.44 bits per heavy atom. The lowest BCUT2D eigenvalue weighted by molar-refractivity contribution is -0.116. The van der Waals surface area contributed by atoms with Crippen molar-refractivity contribution in [1.29, 1.82) is 0 Å². The van der Waals surface area contributed by atoms with E-state index in [1.807, 2.05) is 25.1 Å². The number of anilines is 1. The number of halogens is 1. The molecule has 0 unspecified atom stereocenters. The summed E-state index contributed by atoms with van der Waals surface area (Å²) in [6.45, 7) is 1.69. The monoisotopic (exact) mass is 450 g/mol. The van der Waals surface area contributed by atoms with Crippen LogP contribution in [0.25, 0.3) is 10.9 Å². The molecule has 0 atom stereocenters. The minimum atomic E-state index is -4.23. The van der Waals surface area contributed by atoms with Crippen molar-refractivity contribution >= 4 is 32.3 Å². The van der Waals surface area contributed by atoms with Crippen LogP contribution in [-0.4, -0.2) is 18.9 Å². The Morgan fingerprint density at radius 1 is 1.00 bits per heavy atom. The van der Waals surface area contributed by atoms with E-state index < -0.39 is 26.0 Å². The number of aromatic nitrogens is 1. The number of para-hydroxylation sites is 1. The predicted molar refractivity (Wildman–Crippen MR) is 120 cm³/mol. The third kappa shape index (κ3) is 4.17. The molecule has 1 aromatic heterocycles. The highest BCUT2D eigenvalue weighted by molar-refractivity contribution is 7.91. The zero-order valence-electron chi connectivity index (χ0n) is 17.1. The Balaban J connectivity index is 1.79. The number of nitrogens with zero attached hydrogens (tertiary/aromatic N) is 1. The van der Waals surface area contributed by atoms with Gasteiger partial charge in [0.05, 0.1) is 10.4 Å². The van der Waals surface area contributed by atoms with Gasteiger partial charge in [-0.3, -0.25) is 9.59 Å². The van der Waals surface area contributed by atoms with Crippen LogP contribution >= 0.6 is 0 Å². The number of rotatable bonds is 5. The predicted octanol–water partition coefficient (Wildman–Crippen LogP) is 3.92. The van der Waals surface area contributed by atoms with Gasteiger partial charge in [0.15, 0.2) is 0 Å². The molecule has 6 nitrogen and oxygen atoms in total. The van der Waals surface area contributed by atoms with Crippen molar-refractivity contribution in [2.45, 2.75) is 23.3 Å². The van der Waals surface area contributed by atoms with E-state index in [0.29, 0.717) is 11.2 Å². The van der Waals surface area contributed by atoms with Crippen LogP contribution in [0.4, 0.5) is 10.1 Å². The van der Waals surface area contributed by atoms with Crippen molar-refractivity contribution in [3.8, 4) is 0 Å². The third-order valence-electron chi connectivity index (χ3n) is 4.98. The van der Waals surface area contributed by atoms with Crippen LogP contribution in [-0.2, 0) is 21.2 Å². The number of pyridine rings is 1. The van der Waals surface area contributed by atoms with Gasteiger partial charge in [0.2, 0.25) is 21.2 Å². The van der Waals surface area contributed by atoms with Gasteiger partial charge in [-0.05, 0) is 61.0 Å². The van der Waals surface area contributed by atoms with E-state index in [4.69, 9.17) is 0 Å². The Kier molecular flexibility index (Phi) is 5.63. The van der Waals surface area contributed by atoms with Crippen LogP contribution in [0.2, 0.25) is 0 Å². The quantitative estimate of drug-likeness (QED) is 0.467. The van der Waals surface area contributed by atoms with Crippen LogP contribution in [0.5, 0.6) is 0 Å². The topological polar surface area (TPSA) is 85.2 Å². The molecule has 0 fully saturated rings. The van der Waals surface area contributed by atoms with E-state index in [0.717, 1.165) is 29.8 Å². The molecule has 1 amide bonds. The van der Waals surface area contributed by atoms with Crippen molar-refractivity contribution in [2.75, 3.05) is 5.32 Å². The lowest BCUT2D eigenvalue weighted by Gasteiger charge is -2.14. The third-order valence-corrected chi connectivity index (χ3v) is 6.75. The molecule has 8 heteroatoms. The highest BCUT2D eigenvalue weighted by Gasteiger charge is 2.24. The molecule has 0 aliphatic carbocycles. The maximum absolute atomic E-state index is 13.3.